The van der Waals surface area contributed by atoms with Gasteiger partial charge >= 0.3 is 0 Å². The molecule has 0 saturated heterocycles. The standard InChI is InChI=1S/C26H30O2/c1-23(2,3)25(27,21-15-9-7-10-16-21)19-13-14-20-26(28,24(4,5)6)22-17-11-8-12-18-22/h7-12,15-18,27-28H,1-6H3/t25-,26-/m1/s1. The second-order valence-corrected chi connectivity index (χ2v) is 9.15. The largest absolute Gasteiger partial charge is 0.373 e. The zero-order valence-corrected chi connectivity index (χ0v) is 17.7. The molecule has 0 aliphatic rings. The predicted molar refractivity (Wildman–Crippen MR) is 115 cm³/mol. The van der Waals surface area contributed by atoms with Crippen molar-refractivity contribution in [2.75, 3.05) is 0 Å². The van der Waals surface area contributed by atoms with Crippen LogP contribution in [0.3, 0.4) is 0 Å². The van der Waals surface area contributed by atoms with E-state index >= 15 is 0 Å². The third-order valence-corrected chi connectivity index (χ3v) is 5.10. The van der Waals surface area contributed by atoms with Crippen LogP contribution in [0, 0.1) is 34.5 Å². The van der Waals surface area contributed by atoms with Crippen LogP contribution in [0.4, 0.5) is 0 Å². The summed E-state index contributed by atoms with van der Waals surface area (Å²) in [6.45, 7) is 11.7. The molecular weight excluding hydrogens is 344 g/mol. The summed E-state index contributed by atoms with van der Waals surface area (Å²) in [5.74, 6) is 11.5. The Balaban J connectivity index is 2.50. The molecular formula is C26H30O2. The van der Waals surface area contributed by atoms with Crippen LogP contribution in [0.25, 0.3) is 0 Å². The van der Waals surface area contributed by atoms with Gasteiger partial charge in [-0.15, -0.1) is 0 Å². The zero-order valence-electron chi connectivity index (χ0n) is 17.7. The molecule has 2 rings (SSSR count). The van der Waals surface area contributed by atoms with Crippen molar-refractivity contribution in [3.8, 4) is 23.7 Å². The Kier molecular flexibility index (Phi) is 6.10. The third-order valence-electron chi connectivity index (χ3n) is 5.10. The van der Waals surface area contributed by atoms with E-state index in [1.54, 1.807) is 0 Å². The first kappa shape index (κ1) is 21.8. The molecule has 0 radical (unpaired) electrons. The molecule has 146 valence electrons. The van der Waals surface area contributed by atoms with Crippen LogP contribution >= 0.6 is 0 Å². The second kappa shape index (κ2) is 7.84. The van der Waals surface area contributed by atoms with Gasteiger partial charge in [-0.05, 0) is 34.8 Å². The average molecular weight is 375 g/mol. The van der Waals surface area contributed by atoms with E-state index in [-0.39, 0.29) is 0 Å². The minimum atomic E-state index is -1.35. The second-order valence-electron chi connectivity index (χ2n) is 9.15. The summed E-state index contributed by atoms with van der Waals surface area (Å²) >= 11 is 0. The van der Waals surface area contributed by atoms with Crippen LogP contribution in [-0.4, -0.2) is 10.2 Å². The van der Waals surface area contributed by atoms with Crippen molar-refractivity contribution in [3.05, 3.63) is 71.8 Å². The molecule has 0 amide bonds. The van der Waals surface area contributed by atoms with Crippen molar-refractivity contribution in [2.24, 2.45) is 10.8 Å². The number of aliphatic hydroxyl groups is 2. The molecule has 0 bridgehead atoms. The Labute approximate surface area is 169 Å². The highest BCUT2D eigenvalue weighted by Gasteiger charge is 2.41. The van der Waals surface area contributed by atoms with Crippen molar-refractivity contribution in [1.29, 1.82) is 0 Å². The molecule has 0 spiro atoms. The van der Waals surface area contributed by atoms with Crippen molar-refractivity contribution in [1.82, 2.24) is 0 Å². The van der Waals surface area contributed by atoms with E-state index in [9.17, 15) is 10.2 Å². The van der Waals surface area contributed by atoms with Crippen LogP contribution in [0.2, 0.25) is 0 Å². The molecule has 0 aromatic heterocycles. The van der Waals surface area contributed by atoms with Crippen LogP contribution in [0.1, 0.15) is 52.7 Å². The highest BCUT2D eigenvalue weighted by Crippen LogP contribution is 2.39. The first-order chi connectivity index (χ1) is 12.9. The molecule has 0 aliphatic carbocycles. The molecule has 0 fully saturated rings. The summed E-state index contributed by atoms with van der Waals surface area (Å²) in [6.07, 6.45) is 0. The SMILES string of the molecule is CC(C)(C)[C@@](O)(C#CC#C[C@@](O)(c1ccccc1)C(C)(C)C)c1ccccc1. The molecule has 2 nitrogen and oxygen atoms in total. The lowest BCUT2D eigenvalue weighted by atomic mass is 9.72. The Morgan fingerprint density at radius 3 is 1.07 bits per heavy atom. The van der Waals surface area contributed by atoms with E-state index in [1.807, 2.05) is 102 Å². The summed E-state index contributed by atoms with van der Waals surface area (Å²) in [5.41, 5.74) is -2.27. The van der Waals surface area contributed by atoms with Crippen LogP contribution in [0.15, 0.2) is 60.7 Å². The van der Waals surface area contributed by atoms with E-state index in [4.69, 9.17) is 0 Å². The van der Waals surface area contributed by atoms with E-state index in [2.05, 4.69) is 23.7 Å². The van der Waals surface area contributed by atoms with Gasteiger partial charge in [0, 0.05) is 10.8 Å². The van der Waals surface area contributed by atoms with Gasteiger partial charge in [0.25, 0.3) is 0 Å². The molecule has 28 heavy (non-hydrogen) atoms. The summed E-state index contributed by atoms with van der Waals surface area (Å²) in [7, 11) is 0. The van der Waals surface area contributed by atoms with Crippen LogP contribution in [0.5, 0.6) is 0 Å². The highest BCUT2D eigenvalue weighted by molar-refractivity contribution is 5.42. The Morgan fingerprint density at radius 1 is 0.536 bits per heavy atom. The fourth-order valence-corrected chi connectivity index (χ4v) is 2.99. The quantitative estimate of drug-likeness (QED) is 0.737. The van der Waals surface area contributed by atoms with Gasteiger partial charge in [-0.25, -0.2) is 0 Å². The minimum Gasteiger partial charge on any atom is -0.373 e. The van der Waals surface area contributed by atoms with Gasteiger partial charge in [-0.2, -0.15) is 0 Å². The van der Waals surface area contributed by atoms with Gasteiger partial charge in [-0.1, -0.05) is 102 Å². The summed E-state index contributed by atoms with van der Waals surface area (Å²) in [4.78, 5) is 0. The van der Waals surface area contributed by atoms with Crippen molar-refractivity contribution < 1.29 is 10.2 Å². The molecule has 0 unspecified atom stereocenters. The Morgan fingerprint density at radius 2 is 0.821 bits per heavy atom. The number of benzene rings is 2. The monoisotopic (exact) mass is 374 g/mol. The van der Waals surface area contributed by atoms with Crippen molar-refractivity contribution in [2.45, 2.75) is 52.7 Å². The molecule has 0 aliphatic heterocycles. The first-order valence-electron chi connectivity index (χ1n) is 9.52. The predicted octanol–water partition coefficient (Wildman–Crippen LogP) is 4.86. The lowest BCUT2D eigenvalue weighted by Crippen LogP contribution is -2.39. The first-order valence-corrected chi connectivity index (χ1v) is 9.52. The summed E-state index contributed by atoms with van der Waals surface area (Å²) in [5, 5.41) is 22.6. The lowest BCUT2D eigenvalue weighted by Gasteiger charge is -2.36. The van der Waals surface area contributed by atoms with Gasteiger partial charge < -0.3 is 10.2 Å². The van der Waals surface area contributed by atoms with Gasteiger partial charge in [0.05, 0.1) is 0 Å². The lowest BCUT2D eigenvalue weighted by molar-refractivity contribution is -0.00948. The van der Waals surface area contributed by atoms with Gasteiger partial charge in [0.1, 0.15) is 0 Å². The van der Waals surface area contributed by atoms with E-state index in [1.165, 1.54) is 0 Å². The third kappa shape index (κ3) is 4.31. The summed E-state index contributed by atoms with van der Waals surface area (Å²) < 4.78 is 0. The Bertz CT molecular complexity index is 830. The number of hydrogen-bond acceptors (Lipinski definition) is 2. The van der Waals surface area contributed by atoms with Crippen molar-refractivity contribution >= 4 is 0 Å². The van der Waals surface area contributed by atoms with Gasteiger partial charge in [0.2, 0.25) is 0 Å². The average Bonchev–Trinajstić information content (AvgIpc) is 2.64. The number of hydrogen-bond donors (Lipinski definition) is 2. The maximum Gasteiger partial charge on any atom is 0.156 e. The maximum atomic E-state index is 11.3. The molecule has 2 aromatic rings. The molecule has 2 aromatic carbocycles. The fraction of sp³-hybridized carbons (Fsp3) is 0.385. The maximum absolute atomic E-state index is 11.3. The number of rotatable bonds is 2. The molecule has 2 atom stereocenters. The zero-order chi connectivity index (χ0) is 21.1. The topological polar surface area (TPSA) is 40.5 Å². The van der Waals surface area contributed by atoms with E-state index in [0.717, 1.165) is 11.1 Å². The van der Waals surface area contributed by atoms with Gasteiger partial charge in [0.15, 0.2) is 11.2 Å². The van der Waals surface area contributed by atoms with Crippen LogP contribution in [-0.2, 0) is 11.2 Å². The Hall–Kier alpha value is -2.52. The normalized spacial score (nSPS) is 15.9. The summed E-state index contributed by atoms with van der Waals surface area (Å²) in [6, 6.07) is 18.8. The smallest absolute Gasteiger partial charge is 0.156 e. The molecule has 0 saturated carbocycles. The molecule has 0 heterocycles. The van der Waals surface area contributed by atoms with Gasteiger partial charge in [-0.3, -0.25) is 0 Å². The van der Waals surface area contributed by atoms with Crippen LogP contribution < -0.4 is 0 Å². The fourth-order valence-electron chi connectivity index (χ4n) is 2.99. The molecule has 2 N–H and O–H groups in total. The minimum absolute atomic E-state index is 0.511. The molecule has 2 heteroatoms. The van der Waals surface area contributed by atoms with E-state index < -0.39 is 22.0 Å². The highest BCUT2D eigenvalue weighted by atomic mass is 16.3. The van der Waals surface area contributed by atoms with Crippen molar-refractivity contribution in [3.63, 3.8) is 0 Å². The van der Waals surface area contributed by atoms with E-state index in [0.29, 0.717) is 0 Å².